The predicted molar refractivity (Wildman–Crippen MR) is 120 cm³/mol. The molecule has 4 rings (SSSR count). The van der Waals surface area contributed by atoms with Gasteiger partial charge in [0.15, 0.2) is 6.29 Å². The van der Waals surface area contributed by atoms with Crippen molar-refractivity contribution in [3.8, 4) is 0 Å². The number of rotatable bonds is 3. The van der Waals surface area contributed by atoms with Gasteiger partial charge in [0.2, 0.25) is 0 Å². The summed E-state index contributed by atoms with van der Waals surface area (Å²) in [5, 5.41) is 0. The lowest BCUT2D eigenvalue weighted by atomic mass is 10.2. The molecule has 158 valence electrons. The molecule has 2 aromatic rings. The van der Waals surface area contributed by atoms with Gasteiger partial charge in [0.05, 0.1) is 18.9 Å². The van der Waals surface area contributed by atoms with Crippen LogP contribution in [0.3, 0.4) is 0 Å². The molecule has 0 unspecified atom stereocenters. The van der Waals surface area contributed by atoms with Gasteiger partial charge in [-0.25, -0.2) is 9.97 Å². The Hall–Kier alpha value is -1.19. The van der Waals surface area contributed by atoms with Crippen molar-refractivity contribution in [3.63, 3.8) is 0 Å². The molecule has 0 N–H and O–H groups in total. The molecule has 2 aliphatic heterocycles. The topological polar surface area (TPSA) is 64.6 Å². The van der Waals surface area contributed by atoms with Crippen LogP contribution < -0.4 is 0 Å². The largest absolute Gasteiger partial charge is 0.381 e. The Bertz CT molecular complexity index is 712. The monoisotopic (exact) mass is 527 g/mol. The van der Waals surface area contributed by atoms with Crippen LogP contribution in [0.4, 0.5) is 0 Å². The molecule has 2 aromatic heterocycles. The minimum absolute atomic E-state index is 0.448. The van der Waals surface area contributed by atoms with E-state index in [0.29, 0.717) is 16.6 Å². The molecule has 2 aliphatic rings. The number of hydrogen-bond acceptors (Lipinski definition) is 6. The van der Waals surface area contributed by atoms with Gasteiger partial charge >= 0.3 is 0 Å². The molecular formula is C21H27Br2N3O3. The standard InChI is InChI=1S/C10H13BrN2O.C6H4BrNO.C5H10O/c11-10-3-1-2-9(12-10)8-13-4-6-14-7-5-13;7-6-3-1-2-5(4-9)8-6;1-2-4-6-5-3-1/h1-3H,4-8H2;1-4H;1-5H2. The van der Waals surface area contributed by atoms with Gasteiger partial charge in [0, 0.05) is 32.8 Å². The van der Waals surface area contributed by atoms with E-state index in [0.717, 1.165) is 56.4 Å². The van der Waals surface area contributed by atoms with Gasteiger partial charge in [-0.1, -0.05) is 12.1 Å². The third kappa shape index (κ3) is 11.0. The molecule has 0 spiro atoms. The molecule has 29 heavy (non-hydrogen) atoms. The Morgan fingerprint density at radius 3 is 1.97 bits per heavy atom. The predicted octanol–water partition coefficient (Wildman–Crippen LogP) is 4.52. The molecule has 6 nitrogen and oxygen atoms in total. The Morgan fingerprint density at radius 1 is 0.862 bits per heavy atom. The minimum atomic E-state index is 0.448. The Morgan fingerprint density at radius 2 is 1.48 bits per heavy atom. The summed E-state index contributed by atoms with van der Waals surface area (Å²) in [4.78, 5) is 20.7. The number of ether oxygens (including phenoxy) is 2. The van der Waals surface area contributed by atoms with Crippen molar-refractivity contribution < 1.29 is 14.3 Å². The van der Waals surface area contributed by atoms with Crippen LogP contribution in [-0.4, -0.2) is 60.7 Å². The van der Waals surface area contributed by atoms with E-state index in [2.05, 4.69) is 52.8 Å². The quantitative estimate of drug-likeness (QED) is 0.431. The van der Waals surface area contributed by atoms with Crippen LogP contribution in [0.1, 0.15) is 35.4 Å². The van der Waals surface area contributed by atoms with E-state index in [1.165, 1.54) is 19.3 Å². The molecule has 0 atom stereocenters. The summed E-state index contributed by atoms with van der Waals surface area (Å²) in [6.45, 7) is 6.62. The van der Waals surface area contributed by atoms with Crippen molar-refractivity contribution in [1.29, 1.82) is 0 Å². The highest BCUT2D eigenvalue weighted by Gasteiger charge is 2.10. The van der Waals surface area contributed by atoms with E-state index in [1.54, 1.807) is 18.2 Å². The van der Waals surface area contributed by atoms with Crippen molar-refractivity contribution in [3.05, 3.63) is 57.0 Å². The zero-order chi connectivity index (χ0) is 20.7. The fourth-order valence-electron chi connectivity index (χ4n) is 2.70. The van der Waals surface area contributed by atoms with Gasteiger partial charge in [0.25, 0.3) is 0 Å². The second-order valence-corrected chi connectivity index (χ2v) is 8.14. The smallest absolute Gasteiger partial charge is 0.168 e. The third-order valence-corrected chi connectivity index (χ3v) is 5.08. The first-order valence-corrected chi connectivity index (χ1v) is 11.3. The summed E-state index contributed by atoms with van der Waals surface area (Å²) in [5.41, 5.74) is 1.56. The second kappa shape index (κ2) is 14.7. The lowest BCUT2D eigenvalue weighted by Crippen LogP contribution is -2.35. The summed E-state index contributed by atoms with van der Waals surface area (Å²) < 4.78 is 12.0. The molecule has 0 amide bonds. The Labute approximate surface area is 189 Å². The number of aldehydes is 1. The number of nitrogens with zero attached hydrogens (tertiary/aromatic N) is 3. The highest BCUT2D eigenvalue weighted by atomic mass is 79.9. The molecular weight excluding hydrogens is 502 g/mol. The summed E-state index contributed by atoms with van der Waals surface area (Å²) in [7, 11) is 0. The van der Waals surface area contributed by atoms with Crippen LogP contribution in [0, 0.1) is 0 Å². The first-order valence-electron chi connectivity index (χ1n) is 9.74. The molecule has 8 heteroatoms. The summed E-state index contributed by atoms with van der Waals surface area (Å²) >= 11 is 6.51. The number of pyridine rings is 2. The van der Waals surface area contributed by atoms with Crippen LogP contribution in [-0.2, 0) is 16.0 Å². The average Bonchev–Trinajstić information content (AvgIpc) is 2.77. The van der Waals surface area contributed by atoms with Crippen LogP contribution in [0.25, 0.3) is 0 Å². The van der Waals surface area contributed by atoms with Crippen molar-refractivity contribution >= 4 is 38.1 Å². The van der Waals surface area contributed by atoms with Crippen molar-refractivity contribution in [2.75, 3.05) is 39.5 Å². The maximum atomic E-state index is 10.1. The SMILES string of the molecule is Brc1cccc(CN2CCOCC2)n1.C1CCOCC1.O=Cc1cccc(Br)n1. The van der Waals surface area contributed by atoms with Crippen molar-refractivity contribution in [2.45, 2.75) is 25.8 Å². The van der Waals surface area contributed by atoms with E-state index in [-0.39, 0.29) is 0 Å². The maximum absolute atomic E-state index is 10.1. The first-order chi connectivity index (χ1) is 14.2. The number of morpholine rings is 1. The first kappa shape index (κ1) is 24.1. The molecule has 0 saturated carbocycles. The second-order valence-electron chi connectivity index (χ2n) is 6.52. The summed E-state index contributed by atoms with van der Waals surface area (Å²) in [6, 6.07) is 11.2. The molecule has 0 aliphatic carbocycles. The number of carbonyl (C=O) groups is 1. The van der Waals surface area contributed by atoms with E-state index in [9.17, 15) is 4.79 Å². The Kier molecular flexibility index (Phi) is 12.2. The number of aromatic nitrogens is 2. The van der Waals surface area contributed by atoms with E-state index in [4.69, 9.17) is 9.47 Å². The summed E-state index contributed by atoms with van der Waals surface area (Å²) in [5.74, 6) is 0. The zero-order valence-electron chi connectivity index (χ0n) is 16.4. The van der Waals surface area contributed by atoms with Gasteiger partial charge in [-0.2, -0.15) is 0 Å². The maximum Gasteiger partial charge on any atom is 0.168 e. The van der Waals surface area contributed by atoms with Crippen LogP contribution in [0.5, 0.6) is 0 Å². The molecule has 2 fully saturated rings. The van der Waals surface area contributed by atoms with Crippen LogP contribution >= 0.6 is 31.9 Å². The molecule has 0 radical (unpaired) electrons. The van der Waals surface area contributed by atoms with Gasteiger partial charge in [0.1, 0.15) is 14.9 Å². The number of hydrogen-bond donors (Lipinski definition) is 0. The lowest BCUT2D eigenvalue weighted by molar-refractivity contribution is 0.0336. The van der Waals surface area contributed by atoms with E-state index < -0.39 is 0 Å². The minimum Gasteiger partial charge on any atom is -0.381 e. The van der Waals surface area contributed by atoms with Gasteiger partial charge in [-0.15, -0.1) is 0 Å². The van der Waals surface area contributed by atoms with Gasteiger partial charge < -0.3 is 9.47 Å². The highest BCUT2D eigenvalue weighted by molar-refractivity contribution is 9.10. The molecule has 0 bridgehead atoms. The van der Waals surface area contributed by atoms with Gasteiger partial charge in [-0.3, -0.25) is 9.69 Å². The zero-order valence-corrected chi connectivity index (χ0v) is 19.6. The Balaban J connectivity index is 0.000000171. The van der Waals surface area contributed by atoms with Crippen LogP contribution in [0.15, 0.2) is 45.6 Å². The lowest BCUT2D eigenvalue weighted by Gasteiger charge is -2.26. The molecule has 2 saturated heterocycles. The summed E-state index contributed by atoms with van der Waals surface area (Å²) in [6.07, 6.45) is 4.64. The third-order valence-electron chi connectivity index (χ3n) is 4.20. The van der Waals surface area contributed by atoms with Crippen molar-refractivity contribution in [2.24, 2.45) is 0 Å². The molecule has 0 aromatic carbocycles. The number of carbonyl (C=O) groups excluding carboxylic acids is 1. The average molecular weight is 529 g/mol. The van der Waals surface area contributed by atoms with Crippen LogP contribution in [0.2, 0.25) is 0 Å². The fraction of sp³-hybridized carbons (Fsp3) is 0.476. The molecule has 4 heterocycles. The number of halogens is 2. The van der Waals surface area contributed by atoms with Crippen molar-refractivity contribution in [1.82, 2.24) is 14.9 Å². The van der Waals surface area contributed by atoms with E-state index in [1.807, 2.05) is 12.1 Å². The normalized spacial score (nSPS) is 16.6. The highest BCUT2D eigenvalue weighted by Crippen LogP contribution is 2.09. The van der Waals surface area contributed by atoms with E-state index >= 15 is 0 Å². The fourth-order valence-corrected chi connectivity index (χ4v) is 3.44. The van der Waals surface area contributed by atoms with Gasteiger partial charge in [-0.05, 0) is 75.4 Å².